The molecule has 1 aromatic carbocycles. The van der Waals surface area contributed by atoms with Crippen LogP contribution < -0.4 is 4.74 Å². The van der Waals surface area contributed by atoms with Crippen LogP contribution in [-0.4, -0.2) is 28.9 Å². The van der Waals surface area contributed by atoms with Gasteiger partial charge in [-0.25, -0.2) is 4.98 Å². The van der Waals surface area contributed by atoms with Gasteiger partial charge >= 0.3 is 0 Å². The highest BCUT2D eigenvalue weighted by atomic mass is 35.5. The molecule has 2 rings (SSSR count). The van der Waals surface area contributed by atoms with Gasteiger partial charge in [-0.1, -0.05) is 41.9 Å². The second kappa shape index (κ2) is 7.47. The first-order valence-corrected chi connectivity index (χ1v) is 7.92. The van der Waals surface area contributed by atoms with E-state index in [9.17, 15) is 4.79 Å². The van der Waals surface area contributed by atoms with Gasteiger partial charge in [-0.3, -0.25) is 4.79 Å². The second-order valence-corrected chi connectivity index (χ2v) is 6.09. The fourth-order valence-electron chi connectivity index (χ4n) is 2.19. The lowest BCUT2D eigenvalue weighted by Crippen LogP contribution is -2.29. The predicted molar refractivity (Wildman–Crippen MR) is 92.0 cm³/mol. The van der Waals surface area contributed by atoms with Crippen molar-refractivity contribution in [3.05, 3.63) is 58.7 Å². The Morgan fingerprint density at radius 2 is 1.87 bits per heavy atom. The summed E-state index contributed by atoms with van der Waals surface area (Å²) in [5.41, 5.74) is 1.51. The fraction of sp³-hybridized carbons (Fsp3) is 0.333. The van der Waals surface area contributed by atoms with Gasteiger partial charge in [0.05, 0.1) is 17.7 Å². The molecular weight excluding hydrogens is 312 g/mol. The molecular formula is C18H21ClN2O2. The molecule has 0 fully saturated rings. The number of halogens is 1. The molecule has 0 saturated carbocycles. The third-order valence-corrected chi connectivity index (χ3v) is 3.86. The predicted octanol–water partition coefficient (Wildman–Crippen LogP) is 4.36. The highest BCUT2D eigenvalue weighted by Crippen LogP contribution is 2.26. The minimum atomic E-state index is -0.133. The topological polar surface area (TPSA) is 42.4 Å². The second-order valence-electron chi connectivity index (χ2n) is 5.68. The molecule has 1 unspecified atom stereocenters. The summed E-state index contributed by atoms with van der Waals surface area (Å²) in [5.74, 6) is 0.212. The minimum absolute atomic E-state index is 0.0256. The molecule has 1 amide bonds. The van der Waals surface area contributed by atoms with Crippen LogP contribution in [-0.2, 0) is 0 Å². The van der Waals surface area contributed by atoms with E-state index >= 15 is 0 Å². The third-order valence-electron chi connectivity index (χ3n) is 3.58. The van der Waals surface area contributed by atoms with Crippen LogP contribution in [0.2, 0.25) is 5.02 Å². The first kappa shape index (κ1) is 17.3. The summed E-state index contributed by atoms with van der Waals surface area (Å²) in [6.45, 7) is 5.78. The maximum atomic E-state index is 12.6. The fourth-order valence-corrected chi connectivity index (χ4v) is 2.40. The van der Waals surface area contributed by atoms with Crippen molar-refractivity contribution in [1.29, 1.82) is 0 Å². The van der Waals surface area contributed by atoms with Crippen molar-refractivity contribution in [1.82, 2.24) is 9.88 Å². The van der Waals surface area contributed by atoms with Crippen molar-refractivity contribution in [3.8, 4) is 5.88 Å². The third kappa shape index (κ3) is 4.23. The van der Waals surface area contributed by atoms with Crippen molar-refractivity contribution >= 4 is 17.5 Å². The van der Waals surface area contributed by atoms with E-state index < -0.39 is 0 Å². The largest absolute Gasteiger partial charge is 0.474 e. The number of ether oxygens (including phenoxy) is 1. The summed E-state index contributed by atoms with van der Waals surface area (Å²) < 4.78 is 5.49. The molecule has 4 nitrogen and oxygen atoms in total. The molecule has 1 aromatic heterocycles. The molecule has 5 heteroatoms. The Hall–Kier alpha value is -2.07. The van der Waals surface area contributed by atoms with E-state index in [2.05, 4.69) is 4.98 Å². The molecule has 2 aromatic rings. The van der Waals surface area contributed by atoms with Gasteiger partial charge in [0.25, 0.3) is 5.91 Å². The lowest BCUT2D eigenvalue weighted by molar-refractivity contribution is 0.0742. The van der Waals surface area contributed by atoms with E-state index in [-0.39, 0.29) is 18.1 Å². The Balaban J connectivity index is 2.18. The Morgan fingerprint density at radius 3 is 2.43 bits per heavy atom. The highest BCUT2D eigenvalue weighted by molar-refractivity contribution is 6.32. The van der Waals surface area contributed by atoms with Crippen molar-refractivity contribution in [3.63, 3.8) is 0 Å². The molecule has 0 radical (unpaired) electrons. The van der Waals surface area contributed by atoms with E-state index in [0.29, 0.717) is 16.5 Å². The van der Waals surface area contributed by atoms with Crippen molar-refractivity contribution in [2.75, 3.05) is 7.05 Å². The van der Waals surface area contributed by atoms with Gasteiger partial charge in [0.2, 0.25) is 5.88 Å². The standard InChI is InChI=1S/C18H21ClN2O2/c1-12(2)23-17-16(19)10-15(11-20-17)18(22)21(4)13(3)14-8-6-5-7-9-14/h5-13H,1-4H3. The Bertz CT molecular complexity index is 674. The molecule has 0 bridgehead atoms. The lowest BCUT2D eigenvalue weighted by Gasteiger charge is -2.25. The minimum Gasteiger partial charge on any atom is -0.474 e. The van der Waals surface area contributed by atoms with Crippen molar-refractivity contribution in [2.24, 2.45) is 0 Å². The first-order chi connectivity index (χ1) is 10.9. The summed E-state index contributed by atoms with van der Waals surface area (Å²) >= 11 is 6.16. The number of carbonyl (C=O) groups excluding carboxylic acids is 1. The Morgan fingerprint density at radius 1 is 1.22 bits per heavy atom. The number of pyridine rings is 1. The summed E-state index contributed by atoms with van der Waals surface area (Å²) in [6.07, 6.45) is 1.47. The number of nitrogens with zero attached hydrogens (tertiary/aromatic N) is 2. The van der Waals surface area contributed by atoms with E-state index in [1.165, 1.54) is 6.20 Å². The SMILES string of the molecule is CC(C)Oc1ncc(C(=O)N(C)C(C)c2ccccc2)cc1Cl. The lowest BCUT2D eigenvalue weighted by atomic mass is 10.1. The van der Waals surface area contributed by atoms with E-state index in [1.807, 2.05) is 51.1 Å². The van der Waals surface area contributed by atoms with Gasteiger partial charge < -0.3 is 9.64 Å². The highest BCUT2D eigenvalue weighted by Gasteiger charge is 2.20. The van der Waals surface area contributed by atoms with Gasteiger partial charge in [0.1, 0.15) is 5.02 Å². The Labute approximate surface area is 142 Å². The molecule has 0 aliphatic carbocycles. The summed E-state index contributed by atoms with van der Waals surface area (Å²) in [7, 11) is 1.77. The van der Waals surface area contributed by atoms with Crippen LogP contribution in [0, 0.1) is 0 Å². The number of benzene rings is 1. The molecule has 0 aliphatic heterocycles. The van der Waals surface area contributed by atoms with Gasteiger partial charge in [0.15, 0.2) is 0 Å². The number of hydrogen-bond donors (Lipinski definition) is 0. The number of amides is 1. The van der Waals surface area contributed by atoms with Crippen LogP contribution in [0.3, 0.4) is 0 Å². The van der Waals surface area contributed by atoms with Crippen LogP contribution in [0.25, 0.3) is 0 Å². The summed E-state index contributed by atoms with van der Waals surface area (Å²) in [6, 6.07) is 11.4. The number of rotatable bonds is 5. The van der Waals surface area contributed by atoms with E-state index in [4.69, 9.17) is 16.3 Å². The van der Waals surface area contributed by atoms with Gasteiger partial charge in [-0.2, -0.15) is 0 Å². The van der Waals surface area contributed by atoms with Gasteiger partial charge in [-0.15, -0.1) is 0 Å². The van der Waals surface area contributed by atoms with Crippen LogP contribution in [0.1, 0.15) is 42.7 Å². The monoisotopic (exact) mass is 332 g/mol. The van der Waals surface area contributed by atoms with E-state index in [0.717, 1.165) is 5.56 Å². The van der Waals surface area contributed by atoms with Crippen molar-refractivity contribution < 1.29 is 9.53 Å². The smallest absolute Gasteiger partial charge is 0.255 e. The van der Waals surface area contributed by atoms with Crippen LogP contribution >= 0.6 is 11.6 Å². The summed E-state index contributed by atoms with van der Waals surface area (Å²) in [5, 5.41) is 0.338. The molecule has 23 heavy (non-hydrogen) atoms. The molecule has 122 valence electrons. The van der Waals surface area contributed by atoms with Gasteiger partial charge in [0, 0.05) is 13.2 Å². The number of carbonyl (C=O) groups is 1. The van der Waals surface area contributed by atoms with Crippen LogP contribution in [0.5, 0.6) is 5.88 Å². The maximum absolute atomic E-state index is 12.6. The number of aromatic nitrogens is 1. The molecule has 0 saturated heterocycles. The zero-order chi connectivity index (χ0) is 17.0. The molecule has 0 spiro atoms. The zero-order valence-electron chi connectivity index (χ0n) is 13.8. The average Bonchev–Trinajstić information content (AvgIpc) is 2.55. The van der Waals surface area contributed by atoms with Crippen LogP contribution in [0.15, 0.2) is 42.6 Å². The normalized spacial score (nSPS) is 12.1. The molecule has 0 aliphatic rings. The van der Waals surface area contributed by atoms with Gasteiger partial charge in [-0.05, 0) is 32.4 Å². The average molecular weight is 333 g/mol. The Kier molecular flexibility index (Phi) is 5.61. The maximum Gasteiger partial charge on any atom is 0.255 e. The summed E-state index contributed by atoms with van der Waals surface area (Å²) in [4.78, 5) is 18.5. The van der Waals surface area contributed by atoms with Crippen LogP contribution in [0.4, 0.5) is 0 Å². The van der Waals surface area contributed by atoms with Crippen molar-refractivity contribution in [2.45, 2.75) is 32.9 Å². The first-order valence-electron chi connectivity index (χ1n) is 7.54. The zero-order valence-corrected chi connectivity index (χ0v) is 14.5. The molecule has 1 heterocycles. The quantitative estimate of drug-likeness (QED) is 0.817. The molecule has 0 N–H and O–H groups in total. The number of hydrogen-bond acceptors (Lipinski definition) is 3. The van der Waals surface area contributed by atoms with E-state index in [1.54, 1.807) is 18.0 Å². The molecule has 1 atom stereocenters.